The van der Waals surface area contributed by atoms with Gasteiger partial charge in [-0.2, -0.15) is 0 Å². The Morgan fingerprint density at radius 1 is 0.763 bits per heavy atom. The summed E-state index contributed by atoms with van der Waals surface area (Å²) in [6.07, 6.45) is 6.46. The van der Waals surface area contributed by atoms with Crippen molar-refractivity contribution in [1.29, 1.82) is 0 Å². The largest absolute Gasteiger partial charge is 0.371 e. The van der Waals surface area contributed by atoms with Gasteiger partial charge in [0.2, 0.25) is 0 Å². The van der Waals surface area contributed by atoms with Gasteiger partial charge in [-0.25, -0.2) is 4.98 Å². The Kier molecular flexibility index (Phi) is 6.27. The molecular weight excluding hydrogens is 474 g/mol. The van der Waals surface area contributed by atoms with Crippen molar-refractivity contribution >= 4 is 50.9 Å². The Morgan fingerprint density at radius 3 is 2.29 bits per heavy atom. The van der Waals surface area contributed by atoms with E-state index in [1.165, 1.54) is 12.1 Å². The maximum Gasteiger partial charge on any atom is 0.274 e. The molecule has 0 spiro atoms. The lowest BCUT2D eigenvalue weighted by Crippen LogP contribution is -2.36. The Hall–Kier alpha value is -4.98. The minimum atomic E-state index is -0.268. The number of hydrogen-bond acceptors (Lipinski definition) is 7. The number of amides is 1. The normalized spacial score (nSPS) is 12.6. The van der Waals surface area contributed by atoms with Crippen molar-refractivity contribution in [2.24, 2.45) is 0 Å². The highest BCUT2D eigenvalue weighted by molar-refractivity contribution is 6.03. The van der Waals surface area contributed by atoms with E-state index in [-0.39, 0.29) is 5.91 Å². The molecule has 38 heavy (non-hydrogen) atoms. The van der Waals surface area contributed by atoms with Gasteiger partial charge in [-0.3, -0.25) is 14.8 Å². The summed E-state index contributed by atoms with van der Waals surface area (Å²) in [6.45, 7) is 4.13. The van der Waals surface area contributed by atoms with Crippen molar-refractivity contribution < 1.29 is 4.79 Å². The molecule has 5 aromatic rings. The van der Waals surface area contributed by atoms with E-state index in [0.717, 1.165) is 52.4 Å². The number of aryl methyl sites for hydroxylation is 1. The number of nitrogens with zero attached hydrogens (tertiary/aromatic N) is 4. The monoisotopic (exact) mass is 501 g/mol. The van der Waals surface area contributed by atoms with Crippen LogP contribution in [0.1, 0.15) is 22.6 Å². The summed E-state index contributed by atoms with van der Waals surface area (Å²) in [5.41, 5.74) is 7.74. The van der Waals surface area contributed by atoms with Gasteiger partial charge in [-0.1, -0.05) is 0 Å². The average molecular weight is 502 g/mol. The minimum Gasteiger partial charge on any atom is -0.371 e. The molecule has 0 radical (unpaired) electrons. The van der Waals surface area contributed by atoms with Crippen LogP contribution >= 0.6 is 0 Å². The zero-order chi connectivity index (χ0) is 25.9. The molecule has 8 nitrogen and oxygen atoms in total. The van der Waals surface area contributed by atoms with Crippen LogP contribution < -0.4 is 20.9 Å². The van der Waals surface area contributed by atoms with Gasteiger partial charge in [0.25, 0.3) is 5.91 Å². The summed E-state index contributed by atoms with van der Waals surface area (Å²) in [4.78, 5) is 28.2. The van der Waals surface area contributed by atoms with Crippen LogP contribution in [0.2, 0.25) is 0 Å². The lowest BCUT2D eigenvalue weighted by molar-refractivity contribution is 0.102. The molecular formula is C30H27N7O. The van der Waals surface area contributed by atoms with Crippen molar-refractivity contribution in [3.63, 3.8) is 0 Å². The number of pyridine rings is 3. The number of carbonyl (C=O) groups excluding carboxylic acids is 1. The molecule has 0 bridgehead atoms. The first-order valence-electron chi connectivity index (χ1n) is 12.6. The number of hydrogen-bond donors (Lipinski definition) is 3. The number of fused-ring (bicyclic) bond motifs is 1. The van der Waals surface area contributed by atoms with Crippen molar-refractivity contribution in [3.8, 4) is 0 Å². The van der Waals surface area contributed by atoms with Gasteiger partial charge in [0.15, 0.2) is 0 Å². The Labute approximate surface area is 220 Å². The zero-order valence-corrected chi connectivity index (χ0v) is 21.0. The smallest absolute Gasteiger partial charge is 0.274 e. The van der Waals surface area contributed by atoms with E-state index in [2.05, 4.69) is 54.0 Å². The van der Waals surface area contributed by atoms with Crippen molar-refractivity contribution in [2.75, 3.05) is 33.9 Å². The Morgan fingerprint density at radius 2 is 1.55 bits per heavy atom. The van der Waals surface area contributed by atoms with E-state index >= 15 is 0 Å². The molecule has 0 saturated carbocycles. The van der Waals surface area contributed by atoms with Gasteiger partial charge in [0.1, 0.15) is 5.69 Å². The molecule has 0 aliphatic carbocycles. The molecule has 3 aromatic heterocycles. The maximum atomic E-state index is 12.8. The predicted octanol–water partition coefficient (Wildman–Crippen LogP) is 6.28. The second-order valence-corrected chi connectivity index (χ2v) is 9.30. The summed E-state index contributed by atoms with van der Waals surface area (Å²) < 4.78 is 0. The average Bonchev–Trinajstić information content (AvgIpc) is 2.90. The summed E-state index contributed by atoms with van der Waals surface area (Å²) in [6, 6.07) is 23.3. The van der Waals surface area contributed by atoms with Crippen molar-refractivity contribution in [3.05, 3.63) is 103 Å². The molecule has 1 aliphatic rings. The van der Waals surface area contributed by atoms with E-state index in [0.29, 0.717) is 11.4 Å². The fourth-order valence-electron chi connectivity index (χ4n) is 4.39. The highest BCUT2D eigenvalue weighted by Crippen LogP contribution is 2.30. The summed E-state index contributed by atoms with van der Waals surface area (Å²) in [7, 11) is 0. The molecule has 0 unspecified atom stereocenters. The van der Waals surface area contributed by atoms with Gasteiger partial charge in [-0.15, -0.1) is 0 Å². The van der Waals surface area contributed by atoms with Crippen LogP contribution in [-0.4, -0.2) is 33.9 Å². The molecule has 2 aromatic carbocycles. The fourth-order valence-corrected chi connectivity index (χ4v) is 4.39. The Balaban J connectivity index is 1.11. The van der Waals surface area contributed by atoms with Crippen LogP contribution in [0.4, 0.5) is 34.1 Å². The third-order valence-electron chi connectivity index (χ3n) is 6.55. The summed E-state index contributed by atoms with van der Waals surface area (Å²) in [5, 5.41) is 10.7. The molecule has 4 heterocycles. The number of benzene rings is 2. The van der Waals surface area contributed by atoms with Crippen molar-refractivity contribution in [2.45, 2.75) is 13.3 Å². The third kappa shape index (κ3) is 5.10. The molecule has 1 saturated heterocycles. The first-order valence-corrected chi connectivity index (χ1v) is 12.6. The molecule has 3 N–H and O–H groups in total. The van der Waals surface area contributed by atoms with E-state index in [4.69, 9.17) is 0 Å². The van der Waals surface area contributed by atoms with Crippen LogP contribution in [0.25, 0.3) is 10.9 Å². The van der Waals surface area contributed by atoms with Crippen LogP contribution in [0, 0.1) is 6.92 Å². The number of anilines is 6. The van der Waals surface area contributed by atoms with Gasteiger partial charge < -0.3 is 20.9 Å². The molecule has 1 aliphatic heterocycles. The second kappa shape index (κ2) is 10.2. The second-order valence-electron chi connectivity index (χ2n) is 9.30. The van der Waals surface area contributed by atoms with E-state index in [9.17, 15) is 4.79 Å². The number of nitrogens with one attached hydrogen (secondary N) is 3. The van der Waals surface area contributed by atoms with E-state index in [1.54, 1.807) is 24.7 Å². The van der Waals surface area contributed by atoms with Crippen LogP contribution in [0.15, 0.2) is 91.4 Å². The maximum absolute atomic E-state index is 12.8. The molecule has 188 valence electrons. The van der Waals surface area contributed by atoms with E-state index in [1.807, 2.05) is 55.5 Å². The molecule has 0 atom stereocenters. The molecule has 8 heteroatoms. The zero-order valence-electron chi connectivity index (χ0n) is 21.0. The van der Waals surface area contributed by atoms with Gasteiger partial charge in [-0.05, 0) is 86.1 Å². The van der Waals surface area contributed by atoms with Crippen LogP contribution in [-0.2, 0) is 0 Å². The van der Waals surface area contributed by atoms with Crippen LogP contribution in [0.3, 0.4) is 0 Å². The van der Waals surface area contributed by atoms with E-state index < -0.39 is 0 Å². The van der Waals surface area contributed by atoms with Crippen LogP contribution in [0.5, 0.6) is 0 Å². The van der Waals surface area contributed by atoms with Gasteiger partial charge in [0.05, 0.1) is 17.4 Å². The predicted molar refractivity (Wildman–Crippen MR) is 153 cm³/mol. The first-order chi connectivity index (χ1) is 18.6. The quantitative estimate of drug-likeness (QED) is 0.241. The van der Waals surface area contributed by atoms with Gasteiger partial charge in [0, 0.05) is 65.0 Å². The lowest BCUT2D eigenvalue weighted by Gasteiger charge is -2.33. The molecule has 6 rings (SSSR count). The number of carbonyl (C=O) groups is 1. The highest BCUT2D eigenvalue weighted by Gasteiger charge is 2.15. The van der Waals surface area contributed by atoms with Crippen molar-refractivity contribution in [1.82, 2.24) is 15.0 Å². The summed E-state index contributed by atoms with van der Waals surface area (Å²) in [5.74, 6) is -0.268. The third-order valence-corrected chi connectivity index (χ3v) is 6.55. The SMILES string of the molecule is Cc1cc(Nc2ccc(NC(=O)c3ccc(Nc4ccnc5ccc(N6CCC6)cc45)cn3)cc2)ccn1. The lowest BCUT2D eigenvalue weighted by atomic mass is 10.1. The number of aromatic nitrogens is 3. The topological polar surface area (TPSA) is 95.1 Å². The minimum absolute atomic E-state index is 0.268. The summed E-state index contributed by atoms with van der Waals surface area (Å²) >= 11 is 0. The highest BCUT2D eigenvalue weighted by atomic mass is 16.1. The molecule has 1 amide bonds. The molecule has 1 fully saturated rings. The fraction of sp³-hybridized carbons (Fsp3) is 0.133. The Bertz CT molecular complexity index is 1600. The first kappa shape index (κ1) is 23.4. The standard InChI is InChI=1S/C30H27N7O/c1-20-17-23(11-13-31-20)34-21-3-5-22(6-4-21)36-30(38)29-9-7-24(19-33-29)35-28-12-14-32-27-10-8-25(18-26(27)28)37-15-2-16-37/h3-14,17-19H,2,15-16H2,1H3,(H,31,34)(H,32,35)(H,36,38). The van der Waals surface area contributed by atoms with Gasteiger partial charge >= 0.3 is 0 Å². The number of rotatable bonds is 7.